The number of hydrogen-bond donors (Lipinski definition) is 3. The zero-order valence-corrected chi connectivity index (χ0v) is 11.2. The average molecular weight is 253 g/mol. The van der Waals surface area contributed by atoms with Gasteiger partial charge >= 0.3 is 0 Å². The first kappa shape index (κ1) is 13.3. The molecule has 2 amide bonds. The number of rotatable bonds is 4. The van der Waals surface area contributed by atoms with E-state index in [2.05, 4.69) is 16.0 Å². The van der Waals surface area contributed by atoms with Crippen molar-refractivity contribution >= 4 is 11.8 Å². The predicted octanol–water partition coefficient (Wildman–Crippen LogP) is 0.0153. The topological polar surface area (TPSA) is 70.2 Å². The molecule has 18 heavy (non-hydrogen) atoms. The molecule has 0 bridgehead atoms. The van der Waals surface area contributed by atoms with E-state index >= 15 is 0 Å². The number of fused-ring (bicyclic) bond motifs is 1. The summed E-state index contributed by atoms with van der Waals surface area (Å²) in [4.78, 5) is 23.5. The molecule has 5 heteroatoms. The SMILES string of the molecule is CC(C)NC(=O)CNC(=O)C1NCC2CCCC21. The Labute approximate surface area is 108 Å². The van der Waals surface area contributed by atoms with E-state index in [1.54, 1.807) is 0 Å². The largest absolute Gasteiger partial charge is 0.352 e. The van der Waals surface area contributed by atoms with Gasteiger partial charge in [0.2, 0.25) is 11.8 Å². The molecule has 0 spiro atoms. The Hall–Kier alpha value is -1.10. The third-order valence-electron chi connectivity index (χ3n) is 3.90. The first-order valence-corrected chi connectivity index (χ1v) is 6.88. The molecule has 1 aliphatic carbocycles. The van der Waals surface area contributed by atoms with E-state index in [4.69, 9.17) is 0 Å². The van der Waals surface area contributed by atoms with Gasteiger partial charge < -0.3 is 16.0 Å². The third kappa shape index (κ3) is 3.02. The molecule has 0 radical (unpaired) electrons. The molecule has 2 aliphatic rings. The lowest BCUT2D eigenvalue weighted by molar-refractivity contribution is -0.127. The van der Waals surface area contributed by atoms with Crippen molar-refractivity contribution < 1.29 is 9.59 Å². The van der Waals surface area contributed by atoms with Crippen molar-refractivity contribution in [2.75, 3.05) is 13.1 Å². The van der Waals surface area contributed by atoms with E-state index in [1.165, 1.54) is 12.8 Å². The van der Waals surface area contributed by atoms with Gasteiger partial charge in [0.15, 0.2) is 0 Å². The normalized spacial score (nSPS) is 30.3. The average Bonchev–Trinajstić information content (AvgIpc) is 2.86. The quantitative estimate of drug-likeness (QED) is 0.661. The minimum absolute atomic E-state index is 0.0247. The van der Waals surface area contributed by atoms with Crippen molar-refractivity contribution in [3.8, 4) is 0 Å². The molecule has 2 fully saturated rings. The van der Waals surface area contributed by atoms with Crippen LogP contribution in [0.1, 0.15) is 33.1 Å². The van der Waals surface area contributed by atoms with E-state index in [9.17, 15) is 9.59 Å². The van der Waals surface area contributed by atoms with Gasteiger partial charge in [-0.1, -0.05) is 6.42 Å². The van der Waals surface area contributed by atoms with Crippen LogP contribution >= 0.6 is 0 Å². The third-order valence-corrected chi connectivity index (χ3v) is 3.90. The van der Waals surface area contributed by atoms with Crippen LogP contribution in [-0.2, 0) is 9.59 Å². The van der Waals surface area contributed by atoms with Gasteiger partial charge in [-0.05, 0) is 45.1 Å². The first-order valence-electron chi connectivity index (χ1n) is 6.88. The van der Waals surface area contributed by atoms with E-state index in [-0.39, 0.29) is 30.4 Å². The summed E-state index contributed by atoms with van der Waals surface area (Å²) in [5.74, 6) is 0.978. The fourth-order valence-corrected chi connectivity index (χ4v) is 3.12. The molecule has 1 heterocycles. The molecule has 3 atom stereocenters. The van der Waals surface area contributed by atoms with Crippen LogP contribution in [0.25, 0.3) is 0 Å². The molecular weight excluding hydrogens is 230 g/mol. The predicted molar refractivity (Wildman–Crippen MR) is 68.9 cm³/mol. The van der Waals surface area contributed by atoms with Crippen molar-refractivity contribution in [1.29, 1.82) is 0 Å². The summed E-state index contributed by atoms with van der Waals surface area (Å²) in [6.07, 6.45) is 3.60. The van der Waals surface area contributed by atoms with Crippen LogP contribution in [0.15, 0.2) is 0 Å². The van der Waals surface area contributed by atoms with Crippen molar-refractivity contribution in [3.05, 3.63) is 0 Å². The standard InChI is InChI=1S/C13H23N3O2/c1-8(2)16-11(17)7-15-13(18)12-10-5-3-4-9(10)6-14-12/h8-10,12,14H,3-7H2,1-2H3,(H,15,18)(H,16,17). The molecule has 0 aromatic heterocycles. The summed E-state index contributed by atoms with van der Waals surface area (Å²) in [6.45, 7) is 4.83. The van der Waals surface area contributed by atoms with Crippen LogP contribution in [0.3, 0.4) is 0 Å². The summed E-state index contributed by atoms with van der Waals surface area (Å²) in [5, 5.41) is 8.77. The Kier molecular flexibility index (Phi) is 4.22. The summed E-state index contributed by atoms with van der Waals surface area (Å²) < 4.78 is 0. The van der Waals surface area contributed by atoms with Gasteiger partial charge in [0.1, 0.15) is 0 Å². The summed E-state index contributed by atoms with van der Waals surface area (Å²) in [5.41, 5.74) is 0. The van der Waals surface area contributed by atoms with Gasteiger partial charge in [-0.25, -0.2) is 0 Å². The Morgan fingerprint density at radius 1 is 1.33 bits per heavy atom. The van der Waals surface area contributed by atoms with Crippen molar-refractivity contribution in [2.45, 2.75) is 45.2 Å². The van der Waals surface area contributed by atoms with Gasteiger partial charge in [-0.3, -0.25) is 9.59 Å². The van der Waals surface area contributed by atoms with Gasteiger partial charge in [0.25, 0.3) is 0 Å². The highest BCUT2D eigenvalue weighted by atomic mass is 16.2. The lowest BCUT2D eigenvalue weighted by Crippen LogP contribution is -2.47. The molecule has 5 nitrogen and oxygen atoms in total. The monoisotopic (exact) mass is 253 g/mol. The van der Waals surface area contributed by atoms with Crippen molar-refractivity contribution in [1.82, 2.24) is 16.0 Å². The molecule has 0 aromatic carbocycles. The number of carbonyl (C=O) groups is 2. The van der Waals surface area contributed by atoms with Crippen LogP contribution in [-0.4, -0.2) is 37.0 Å². The molecule has 3 unspecified atom stereocenters. The lowest BCUT2D eigenvalue weighted by Gasteiger charge is -2.17. The van der Waals surface area contributed by atoms with Crippen LogP contribution in [0.4, 0.5) is 0 Å². The minimum atomic E-state index is -0.126. The van der Waals surface area contributed by atoms with Gasteiger partial charge in [0, 0.05) is 6.04 Å². The van der Waals surface area contributed by atoms with Gasteiger partial charge in [-0.15, -0.1) is 0 Å². The molecule has 0 aromatic rings. The van der Waals surface area contributed by atoms with Crippen LogP contribution in [0, 0.1) is 11.8 Å². The summed E-state index contributed by atoms with van der Waals surface area (Å²) in [6, 6.07) is 0.0163. The number of nitrogens with one attached hydrogen (secondary N) is 3. The van der Waals surface area contributed by atoms with Crippen LogP contribution in [0.5, 0.6) is 0 Å². The zero-order valence-electron chi connectivity index (χ0n) is 11.2. The number of carbonyl (C=O) groups excluding carboxylic acids is 2. The van der Waals surface area contributed by atoms with E-state index in [0.29, 0.717) is 11.8 Å². The second-order valence-corrected chi connectivity index (χ2v) is 5.68. The van der Waals surface area contributed by atoms with Gasteiger partial charge in [-0.2, -0.15) is 0 Å². The lowest BCUT2D eigenvalue weighted by atomic mass is 9.94. The maximum absolute atomic E-state index is 12.0. The molecule has 1 aliphatic heterocycles. The van der Waals surface area contributed by atoms with E-state index in [1.807, 2.05) is 13.8 Å². The van der Waals surface area contributed by atoms with E-state index < -0.39 is 0 Å². The highest BCUT2D eigenvalue weighted by molar-refractivity contribution is 5.88. The molecule has 102 valence electrons. The molecule has 3 N–H and O–H groups in total. The Balaban J connectivity index is 1.76. The van der Waals surface area contributed by atoms with Crippen molar-refractivity contribution in [2.24, 2.45) is 11.8 Å². The molecule has 1 saturated heterocycles. The fraction of sp³-hybridized carbons (Fsp3) is 0.846. The molecule has 2 rings (SSSR count). The van der Waals surface area contributed by atoms with Crippen LogP contribution < -0.4 is 16.0 Å². The van der Waals surface area contributed by atoms with Crippen molar-refractivity contribution in [3.63, 3.8) is 0 Å². The van der Waals surface area contributed by atoms with Gasteiger partial charge in [0.05, 0.1) is 12.6 Å². The highest BCUT2D eigenvalue weighted by Crippen LogP contribution is 2.37. The highest BCUT2D eigenvalue weighted by Gasteiger charge is 2.42. The van der Waals surface area contributed by atoms with Crippen LogP contribution in [0.2, 0.25) is 0 Å². The second-order valence-electron chi connectivity index (χ2n) is 5.68. The Morgan fingerprint density at radius 2 is 2.11 bits per heavy atom. The minimum Gasteiger partial charge on any atom is -0.352 e. The fourth-order valence-electron chi connectivity index (χ4n) is 3.12. The first-order chi connectivity index (χ1) is 8.58. The molecule has 1 saturated carbocycles. The Bertz CT molecular complexity index is 330. The van der Waals surface area contributed by atoms with E-state index in [0.717, 1.165) is 13.0 Å². The Morgan fingerprint density at radius 3 is 2.83 bits per heavy atom. The zero-order chi connectivity index (χ0) is 13.1. The number of amides is 2. The smallest absolute Gasteiger partial charge is 0.239 e. The second kappa shape index (κ2) is 5.69. The maximum Gasteiger partial charge on any atom is 0.239 e. The maximum atomic E-state index is 12.0. The summed E-state index contributed by atoms with van der Waals surface area (Å²) >= 11 is 0. The summed E-state index contributed by atoms with van der Waals surface area (Å²) in [7, 11) is 0. The molecular formula is C13H23N3O2. The number of hydrogen-bond acceptors (Lipinski definition) is 3.